The minimum atomic E-state index is -0.856. The minimum absolute atomic E-state index is 0.0628. The third-order valence-corrected chi connectivity index (χ3v) is 6.16. The number of ketones is 1. The van der Waals surface area contributed by atoms with Crippen LogP contribution in [-0.2, 0) is 16.0 Å². The maximum Gasteiger partial charge on any atom is 0.295 e. The molecule has 1 saturated heterocycles. The smallest absolute Gasteiger partial charge is 0.295 e. The Kier molecular flexibility index (Phi) is 7.24. The Morgan fingerprint density at radius 3 is 2.31 bits per heavy atom. The van der Waals surface area contributed by atoms with Gasteiger partial charge in [0.15, 0.2) is 11.5 Å². The van der Waals surface area contributed by atoms with Crippen LogP contribution in [-0.4, -0.2) is 49.6 Å². The van der Waals surface area contributed by atoms with Crippen molar-refractivity contribution in [2.75, 3.05) is 27.9 Å². The van der Waals surface area contributed by atoms with Crippen molar-refractivity contribution in [2.45, 2.75) is 12.5 Å². The fraction of sp³-hybridized carbons (Fsp3) is 0.214. The van der Waals surface area contributed by atoms with E-state index in [4.69, 9.17) is 14.2 Å². The number of halogens is 1. The normalized spacial score (nSPS) is 16.8. The monoisotopic (exact) mass is 491 g/mol. The van der Waals surface area contributed by atoms with Crippen molar-refractivity contribution in [3.05, 3.63) is 94.8 Å². The molecule has 1 heterocycles. The number of carbonyl (C=O) groups is 2. The third kappa shape index (κ3) is 4.75. The molecule has 1 atom stereocenters. The molecular weight excluding hydrogens is 465 g/mol. The van der Waals surface area contributed by atoms with Crippen molar-refractivity contribution < 1.29 is 33.3 Å². The summed E-state index contributed by atoms with van der Waals surface area (Å²) in [5, 5.41) is 11.1. The number of methoxy groups -OCH3 is 3. The van der Waals surface area contributed by atoms with E-state index in [0.717, 1.165) is 5.56 Å². The number of likely N-dealkylation sites (tertiary alicyclic amines) is 1. The Labute approximate surface area is 208 Å². The van der Waals surface area contributed by atoms with Crippen molar-refractivity contribution >= 4 is 17.4 Å². The van der Waals surface area contributed by atoms with Gasteiger partial charge in [-0.25, -0.2) is 4.39 Å². The highest BCUT2D eigenvalue weighted by molar-refractivity contribution is 6.46. The van der Waals surface area contributed by atoms with E-state index >= 15 is 0 Å². The number of hydrogen-bond acceptors (Lipinski definition) is 6. The van der Waals surface area contributed by atoms with Gasteiger partial charge < -0.3 is 24.2 Å². The second-order valence-electron chi connectivity index (χ2n) is 8.22. The standard InChI is InChI=1S/C28H26FNO6/c1-34-21-6-4-5-19(16-21)25-24(26(31)18-8-10-20(29)11-9-18)27(32)28(33)30(25)14-13-17-7-12-22(35-2)23(15-17)36-3/h4-12,15-16,25,31H,13-14H2,1-3H3. The van der Waals surface area contributed by atoms with Crippen LogP contribution in [0.3, 0.4) is 0 Å². The molecule has 1 unspecified atom stereocenters. The molecule has 1 aliphatic heterocycles. The molecule has 186 valence electrons. The van der Waals surface area contributed by atoms with Gasteiger partial charge >= 0.3 is 0 Å². The highest BCUT2D eigenvalue weighted by atomic mass is 19.1. The number of aliphatic hydroxyl groups is 1. The summed E-state index contributed by atoms with van der Waals surface area (Å²) in [5.41, 5.74) is 1.65. The van der Waals surface area contributed by atoms with Crippen LogP contribution in [0.5, 0.6) is 17.2 Å². The second kappa shape index (κ2) is 10.5. The Bertz CT molecular complexity index is 1320. The lowest BCUT2D eigenvalue weighted by molar-refractivity contribution is -0.139. The Balaban J connectivity index is 1.75. The van der Waals surface area contributed by atoms with Crippen molar-refractivity contribution in [3.8, 4) is 17.2 Å². The van der Waals surface area contributed by atoms with Crippen LogP contribution in [0.15, 0.2) is 72.3 Å². The molecule has 3 aromatic carbocycles. The largest absolute Gasteiger partial charge is 0.507 e. The first kappa shape index (κ1) is 24.8. The summed E-state index contributed by atoms with van der Waals surface area (Å²) in [5.74, 6) is -0.709. The first-order valence-corrected chi connectivity index (χ1v) is 11.3. The van der Waals surface area contributed by atoms with E-state index < -0.39 is 23.5 Å². The Morgan fingerprint density at radius 2 is 1.64 bits per heavy atom. The SMILES string of the molecule is COc1cccc(C2C(=C(O)c3ccc(F)cc3)C(=O)C(=O)N2CCc2ccc(OC)c(OC)c2)c1. The highest BCUT2D eigenvalue weighted by Crippen LogP contribution is 2.40. The van der Waals surface area contributed by atoms with Crippen LogP contribution in [0.4, 0.5) is 4.39 Å². The van der Waals surface area contributed by atoms with E-state index in [1.54, 1.807) is 44.6 Å². The van der Waals surface area contributed by atoms with Gasteiger partial charge in [-0.15, -0.1) is 0 Å². The molecule has 8 heteroatoms. The van der Waals surface area contributed by atoms with Gasteiger partial charge in [-0.05, 0) is 66.1 Å². The van der Waals surface area contributed by atoms with Gasteiger partial charge in [0.25, 0.3) is 11.7 Å². The molecule has 0 aliphatic carbocycles. The topological polar surface area (TPSA) is 85.3 Å². The lowest BCUT2D eigenvalue weighted by Crippen LogP contribution is -2.31. The molecule has 0 aromatic heterocycles. The quantitative estimate of drug-likeness (QED) is 0.283. The van der Waals surface area contributed by atoms with Gasteiger partial charge in [-0.1, -0.05) is 18.2 Å². The zero-order valence-electron chi connectivity index (χ0n) is 20.2. The molecule has 1 amide bonds. The molecule has 1 fully saturated rings. The number of carbonyl (C=O) groups excluding carboxylic acids is 2. The number of nitrogens with zero attached hydrogens (tertiary/aromatic N) is 1. The number of ether oxygens (including phenoxy) is 3. The average molecular weight is 492 g/mol. The van der Waals surface area contributed by atoms with Crippen molar-refractivity contribution in [2.24, 2.45) is 0 Å². The van der Waals surface area contributed by atoms with E-state index in [0.29, 0.717) is 29.2 Å². The van der Waals surface area contributed by atoms with Gasteiger partial charge in [0.2, 0.25) is 0 Å². The minimum Gasteiger partial charge on any atom is -0.507 e. The Hall–Kier alpha value is -4.33. The lowest BCUT2D eigenvalue weighted by Gasteiger charge is -2.26. The van der Waals surface area contributed by atoms with E-state index in [-0.39, 0.29) is 23.4 Å². The number of Topliss-reactive ketones (excluding diaryl/α,β-unsaturated/α-hetero) is 1. The lowest BCUT2D eigenvalue weighted by atomic mass is 9.95. The summed E-state index contributed by atoms with van der Waals surface area (Å²) < 4.78 is 29.4. The van der Waals surface area contributed by atoms with Gasteiger partial charge in [0.1, 0.15) is 17.3 Å². The average Bonchev–Trinajstić information content (AvgIpc) is 3.16. The molecule has 1 N–H and O–H groups in total. The molecule has 3 aromatic rings. The molecule has 7 nitrogen and oxygen atoms in total. The van der Waals surface area contributed by atoms with E-state index in [9.17, 15) is 19.1 Å². The number of rotatable bonds is 8. The van der Waals surface area contributed by atoms with Crippen LogP contribution in [0.1, 0.15) is 22.7 Å². The summed E-state index contributed by atoms with van der Waals surface area (Å²) in [4.78, 5) is 27.8. The molecule has 0 radical (unpaired) electrons. The molecule has 36 heavy (non-hydrogen) atoms. The maximum atomic E-state index is 13.5. The van der Waals surface area contributed by atoms with Crippen molar-refractivity contribution in [1.29, 1.82) is 0 Å². The zero-order valence-corrected chi connectivity index (χ0v) is 20.2. The molecule has 0 bridgehead atoms. The van der Waals surface area contributed by atoms with Crippen molar-refractivity contribution in [1.82, 2.24) is 4.90 Å². The number of amides is 1. The van der Waals surface area contributed by atoms with E-state index in [2.05, 4.69) is 0 Å². The first-order valence-electron chi connectivity index (χ1n) is 11.3. The van der Waals surface area contributed by atoms with Crippen LogP contribution >= 0.6 is 0 Å². The number of aliphatic hydroxyl groups excluding tert-OH is 1. The fourth-order valence-corrected chi connectivity index (χ4v) is 4.32. The fourth-order valence-electron chi connectivity index (χ4n) is 4.32. The molecular formula is C28H26FNO6. The third-order valence-electron chi connectivity index (χ3n) is 6.16. The van der Waals surface area contributed by atoms with Crippen LogP contribution in [0.2, 0.25) is 0 Å². The molecule has 1 aliphatic rings. The summed E-state index contributed by atoms with van der Waals surface area (Å²) >= 11 is 0. The summed E-state index contributed by atoms with van der Waals surface area (Å²) in [6.45, 7) is 0.197. The van der Waals surface area contributed by atoms with Crippen LogP contribution in [0, 0.1) is 5.82 Å². The number of hydrogen-bond donors (Lipinski definition) is 1. The van der Waals surface area contributed by atoms with Crippen LogP contribution < -0.4 is 14.2 Å². The van der Waals surface area contributed by atoms with E-state index in [1.165, 1.54) is 36.3 Å². The van der Waals surface area contributed by atoms with Gasteiger partial charge in [-0.2, -0.15) is 0 Å². The first-order chi connectivity index (χ1) is 17.4. The molecule has 4 rings (SSSR count). The van der Waals surface area contributed by atoms with Crippen molar-refractivity contribution in [3.63, 3.8) is 0 Å². The molecule has 0 saturated carbocycles. The predicted molar refractivity (Wildman–Crippen MR) is 132 cm³/mol. The summed E-state index contributed by atoms with van der Waals surface area (Å²) in [7, 11) is 4.61. The van der Waals surface area contributed by atoms with Gasteiger partial charge in [0.05, 0.1) is 32.9 Å². The summed E-state index contributed by atoms with van der Waals surface area (Å²) in [6.07, 6.45) is 0.421. The predicted octanol–water partition coefficient (Wildman–Crippen LogP) is 4.52. The second-order valence-corrected chi connectivity index (χ2v) is 8.22. The van der Waals surface area contributed by atoms with Gasteiger partial charge in [0, 0.05) is 12.1 Å². The van der Waals surface area contributed by atoms with E-state index in [1.807, 2.05) is 12.1 Å². The number of benzene rings is 3. The zero-order chi connectivity index (χ0) is 25.8. The van der Waals surface area contributed by atoms with Crippen LogP contribution in [0.25, 0.3) is 5.76 Å². The molecule has 0 spiro atoms. The summed E-state index contributed by atoms with van der Waals surface area (Å²) in [6, 6.07) is 16.7. The van der Waals surface area contributed by atoms with Gasteiger partial charge in [-0.3, -0.25) is 9.59 Å². The maximum absolute atomic E-state index is 13.5. The Morgan fingerprint density at radius 1 is 0.917 bits per heavy atom. The highest BCUT2D eigenvalue weighted by Gasteiger charge is 2.46.